The highest BCUT2D eigenvalue weighted by atomic mass is 32.2. The molecule has 1 rings (SSSR count). The van der Waals surface area contributed by atoms with Gasteiger partial charge >= 0.3 is 0 Å². The molecule has 0 amide bonds. The molecule has 0 saturated heterocycles. The van der Waals surface area contributed by atoms with Gasteiger partial charge in [-0.3, -0.25) is 4.55 Å². The molecule has 0 aliphatic rings. The van der Waals surface area contributed by atoms with Crippen LogP contribution in [0.5, 0.6) is 0 Å². The predicted molar refractivity (Wildman–Crippen MR) is 52.4 cm³/mol. The zero-order valence-corrected chi connectivity index (χ0v) is 8.75. The first kappa shape index (κ1) is 11.2. The number of aliphatic hydroxyl groups is 1. The summed E-state index contributed by atoms with van der Waals surface area (Å²) >= 11 is 0. The molecule has 0 aliphatic heterocycles. The number of aryl methyl sites for hydroxylation is 2. The molecular weight excluding hydrogens is 204 g/mol. The minimum atomic E-state index is -4.44. The van der Waals surface area contributed by atoms with Crippen molar-refractivity contribution in [2.24, 2.45) is 0 Å². The van der Waals surface area contributed by atoms with Crippen molar-refractivity contribution in [2.75, 3.05) is 0 Å². The van der Waals surface area contributed by atoms with Gasteiger partial charge in [-0.1, -0.05) is 23.8 Å². The van der Waals surface area contributed by atoms with Crippen LogP contribution >= 0.6 is 0 Å². The van der Waals surface area contributed by atoms with Gasteiger partial charge in [-0.25, -0.2) is 0 Å². The molecule has 0 aliphatic carbocycles. The minimum absolute atomic E-state index is 0.207. The molecule has 78 valence electrons. The largest absolute Gasteiger partial charge is 0.371 e. The van der Waals surface area contributed by atoms with Gasteiger partial charge in [0.25, 0.3) is 10.1 Å². The second kappa shape index (κ2) is 3.68. The van der Waals surface area contributed by atoms with Crippen molar-refractivity contribution >= 4 is 10.1 Å². The number of aliphatic hydroxyl groups excluding tert-OH is 1. The smallest absolute Gasteiger partial charge is 0.296 e. The fourth-order valence-electron chi connectivity index (χ4n) is 1.26. The topological polar surface area (TPSA) is 74.6 Å². The van der Waals surface area contributed by atoms with Crippen molar-refractivity contribution in [1.82, 2.24) is 0 Å². The molecule has 0 radical (unpaired) electrons. The highest BCUT2D eigenvalue weighted by Crippen LogP contribution is 2.22. The first-order valence-electron chi connectivity index (χ1n) is 4.04. The van der Waals surface area contributed by atoms with Crippen LogP contribution in [0, 0.1) is 13.8 Å². The van der Waals surface area contributed by atoms with Crippen LogP contribution in [-0.2, 0) is 10.1 Å². The Labute approximate surface area is 82.9 Å². The summed E-state index contributed by atoms with van der Waals surface area (Å²) in [5, 5.41) is 9.29. The maximum atomic E-state index is 10.7. The molecule has 1 atom stereocenters. The quantitative estimate of drug-likeness (QED) is 0.728. The number of hydrogen-bond acceptors (Lipinski definition) is 3. The van der Waals surface area contributed by atoms with Crippen LogP contribution in [-0.4, -0.2) is 18.1 Å². The highest BCUT2D eigenvalue weighted by molar-refractivity contribution is 7.85. The third-order valence-corrected chi connectivity index (χ3v) is 2.79. The summed E-state index contributed by atoms with van der Waals surface area (Å²) in [6.45, 7) is 3.54. The molecule has 1 aromatic rings. The molecule has 0 spiro atoms. The Balaban J connectivity index is 3.21. The average molecular weight is 216 g/mol. The number of benzene rings is 1. The lowest BCUT2D eigenvalue weighted by Gasteiger charge is -2.10. The van der Waals surface area contributed by atoms with Gasteiger partial charge in [0.15, 0.2) is 0 Å². The summed E-state index contributed by atoms with van der Waals surface area (Å²) in [7, 11) is -4.44. The Bertz CT molecular complexity index is 436. The summed E-state index contributed by atoms with van der Waals surface area (Å²) < 4.78 is 30.0. The zero-order chi connectivity index (χ0) is 10.9. The first-order valence-corrected chi connectivity index (χ1v) is 5.54. The predicted octanol–water partition coefficient (Wildman–Crippen LogP) is 1.18. The fraction of sp³-hybridized carbons (Fsp3) is 0.333. The zero-order valence-electron chi connectivity index (χ0n) is 7.93. The van der Waals surface area contributed by atoms with E-state index in [4.69, 9.17) is 4.55 Å². The first-order chi connectivity index (χ1) is 6.32. The standard InChI is InChI=1S/C9H12O4S/c1-6-3-4-8(7(2)5-6)9(10)14(11,12)13/h3-5,9-10H,1-2H3,(H,11,12,13). The van der Waals surface area contributed by atoms with Crippen molar-refractivity contribution in [3.05, 3.63) is 34.9 Å². The SMILES string of the molecule is Cc1ccc(C(O)S(=O)(=O)O)c(C)c1. The molecule has 0 aromatic heterocycles. The monoisotopic (exact) mass is 216 g/mol. The minimum Gasteiger partial charge on any atom is -0.371 e. The fourth-order valence-corrected chi connectivity index (χ4v) is 1.85. The number of rotatable bonds is 2. The molecule has 0 bridgehead atoms. The van der Waals surface area contributed by atoms with Crippen LogP contribution in [0.2, 0.25) is 0 Å². The average Bonchev–Trinajstić information content (AvgIpc) is 2.01. The Morgan fingerprint density at radius 1 is 1.29 bits per heavy atom. The lowest BCUT2D eigenvalue weighted by atomic mass is 10.1. The summed E-state index contributed by atoms with van der Waals surface area (Å²) in [4.78, 5) is 0. The molecule has 2 N–H and O–H groups in total. The van der Waals surface area contributed by atoms with E-state index in [-0.39, 0.29) is 5.56 Å². The van der Waals surface area contributed by atoms with Crippen LogP contribution in [0.1, 0.15) is 22.1 Å². The normalized spacial score (nSPS) is 14.0. The lowest BCUT2D eigenvalue weighted by molar-refractivity contribution is 0.237. The summed E-state index contributed by atoms with van der Waals surface area (Å²) in [5.41, 5.74) is -0.0508. The van der Waals surface area contributed by atoms with E-state index in [1.54, 1.807) is 19.1 Å². The van der Waals surface area contributed by atoms with Gasteiger partial charge in [0.2, 0.25) is 5.44 Å². The Kier molecular flexibility index (Phi) is 2.94. The Hall–Kier alpha value is -0.910. The van der Waals surface area contributed by atoms with E-state index in [1.807, 2.05) is 6.92 Å². The molecule has 1 aromatic carbocycles. The van der Waals surface area contributed by atoms with Crippen molar-refractivity contribution < 1.29 is 18.1 Å². The maximum Gasteiger partial charge on any atom is 0.296 e. The molecular formula is C9H12O4S. The van der Waals surface area contributed by atoms with Crippen molar-refractivity contribution in [3.8, 4) is 0 Å². The van der Waals surface area contributed by atoms with Gasteiger partial charge in [-0.2, -0.15) is 8.42 Å². The second-order valence-corrected chi connectivity index (χ2v) is 4.70. The molecule has 0 heterocycles. The van der Waals surface area contributed by atoms with Gasteiger partial charge < -0.3 is 5.11 Å². The molecule has 14 heavy (non-hydrogen) atoms. The third-order valence-electron chi connectivity index (χ3n) is 1.97. The van der Waals surface area contributed by atoms with Crippen molar-refractivity contribution in [3.63, 3.8) is 0 Å². The summed E-state index contributed by atoms with van der Waals surface area (Å²) in [6, 6.07) is 4.91. The highest BCUT2D eigenvalue weighted by Gasteiger charge is 2.23. The Morgan fingerprint density at radius 3 is 2.29 bits per heavy atom. The van der Waals surface area contributed by atoms with Gasteiger partial charge in [-0.15, -0.1) is 0 Å². The molecule has 4 nitrogen and oxygen atoms in total. The van der Waals surface area contributed by atoms with Crippen LogP contribution in [0.3, 0.4) is 0 Å². The van der Waals surface area contributed by atoms with E-state index in [9.17, 15) is 13.5 Å². The van der Waals surface area contributed by atoms with E-state index in [0.717, 1.165) is 5.56 Å². The van der Waals surface area contributed by atoms with Gasteiger partial charge in [0.1, 0.15) is 0 Å². The van der Waals surface area contributed by atoms with E-state index in [0.29, 0.717) is 5.56 Å². The van der Waals surface area contributed by atoms with E-state index in [2.05, 4.69) is 0 Å². The number of hydrogen-bond donors (Lipinski definition) is 2. The Morgan fingerprint density at radius 2 is 1.86 bits per heavy atom. The van der Waals surface area contributed by atoms with Crippen molar-refractivity contribution in [1.29, 1.82) is 0 Å². The van der Waals surface area contributed by atoms with Gasteiger partial charge in [0, 0.05) is 5.56 Å². The van der Waals surface area contributed by atoms with E-state index >= 15 is 0 Å². The van der Waals surface area contributed by atoms with Crippen molar-refractivity contribution in [2.45, 2.75) is 19.3 Å². The van der Waals surface area contributed by atoms with Crippen LogP contribution < -0.4 is 0 Å². The van der Waals surface area contributed by atoms with Gasteiger partial charge in [-0.05, 0) is 19.4 Å². The van der Waals surface area contributed by atoms with Crippen LogP contribution in [0.4, 0.5) is 0 Å². The second-order valence-electron chi connectivity index (χ2n) is 3.23. The maximum absolute atomic E-state index is 10.7. The lowest BCUT2D eigenvalue weighted by Crippen LogP contribution is -2.12. The van der Waals surface area contributed by atoms with E-state index < -0.39 is 15.6 Å². The van der Waals surface area contributed by atoms with Crippen LogP contribution in [0.25, 0.3) is 0 Å². The van der Waals surface area contributed by atoms with Crippen LogP contribution in [0.15, 0.2) is 18.2 Å². The summed E-state index contributed by atoms with van der Waals surface area (Å²) in [6.07, 6.45) is 0. The molecule has 1 unspecified atom stereocenters. The molecule has 0 saturated carbocycles. The van der Waals surface area contributed by atoms with E-state index in [1.165, 1.54) is 6.07 Å². The molecule has 0 fully saturated rings. The molecule has 5 heteroatoms. The third kappa shape index (κ3) is 2.31. The van der Waals surface area contributed by atoms with Gasteiger partial charge in [0.05, 0.1) is 0 Å². The summed E-state index contributed by atoms with van der Waals surface area (Å²) in [5.74, 6) is 0.